The molecule has 23 heavy (non-hydrogen) atoms. The molecule has 1 aliphatic heterocycles. The van der Waals surface area contributed by atoms with Gasteiger partial charge in [0.2, 0.25) is 0 Å². The molecule has 3 fully saturated rings. The van der Waals surface area contributed by atoms with E-state index in [1.807, 2.05) is 13.8 Å². The van der Waals surface area contributed by atoms with E-state index >= 15 is 0 Å². The number of rotatable bonds is 1. The van der Waals surface area contributed by atoms with Crippen molar-refractivity contribution in [1.29, 1.82) is 0 Å². The van der Waals surface area contributed by atoms with Crippen LogP contribution in [0.5, 0.6) is 0 Å². The summed E-state index contributed by atoms with van der Waals surface area (Å²) in [4.78, 5) is 12.8. The van der Waals surface area contributed by atoms with Crippen molar-refractivity contribution in [3.05, 3.63) is 0 Å². The maximum Gasteiger partial charge on any atom is 0.314 e. The highest BCUT2D eigenvalue weighted by Crippen LogP contribution is 2.64. The summed E-state index contributed by atoms with van der Waals surface area (Å²) in [6, 6.07) is 0. The van der Waals surface area contributed by atoms with Crippen molar-refractivity contribution in [3.63, 3.8) is 0 Å². The number of carbonyl (C=O) groups is 1. The fourth-order valence-corrected chi connectivity index (χ4v) is 5.89. The summed E-state index contributed by atoms with van der Waals surface area (Å²) in [7, 11) is 1.48. The van der Waals surface area contributed by atoms with Gasteiger partial charge < -0.3 is 14.2 Å². The summed E-state index contributed by atoms with van der Waals surface area (Å²) in [5.74, 6) is -0.816. The third-order valence-corrected chi connectivity index (χ3v) is 7.03. The first kappa shape index (κ1) is 17.2. The van der Waals surface area contributed by atoms with Crippen molar-refractivity contribution in [2.24, 2.45) is 22.7 Å². The fourth-order valence-electron chi connectivity index (χ4n) is 5.89. The SMILES string of the molecule is COC(=O)[C@H]1C2(CC[C@H]3C(C)(C)CCC[C@@]31C)O[C@H](C)[C@@H](C)O2. The first-order valence-electron chi connectivity index (χ1n) is 9.10. The molecule has 0 aromatic heterocycles. The Labute approximate surface area is 140 Å². The smallest absolute Gasteiger partial charge is 0.314 e. The standard InChI is InChI=1S/C19H32O4/c1-12-13(2)23-19(22-12)11-8-14-17(3,4)9-7-10-18(14,5)15(19)16(20)21-6/h12-15H,7-11H2,1-6H3/t12-,13-,14+,15-,18+/m1/s1. The molecule has 4 nitrogen and oxygen atoms in total. The van der Waals surface area contributed by atoms with Crippen molar-refractivity contribution in [2.75, 3.05) is 7.11 Å². The van der Waals surface area contributed by atoms with Gasteiger partial charge in [0.05, 0.1) is 19.3 Å². The van der Waals surface area contributed by atoms with Crippen LogP contribution in [0.3, 0.4) is 0 Å². The normalized spacial score (nSPS) is 44.8. The predicted molar refractivity (Wildman–Crippen MR) is 87.8 cm³/mol. The molecular formula is C19H32O4. The third kappa shape index (κ3) is 2.44. The van der Waals surface area contributed by atoms with E-state index < -0.39 is 5.79 Å². The average molecular weight is 324 g/mol. The minimum atomic E-state index is -0.801. The second-order valence-corrected chi connectivity index (χ2v) is 8.85. The van der Waals surface area contributed by atoms with Gasteiger partial charge >= 0.3 is 5.97 Å². The van der Waals surface area contributed by atoms with Crippen molar-refractivity contribution in [2.45, 2.75) is 84.7 Å². The number of esters is 1. The summed E-state index contributed by atoms with van der Waals surface area (Å²) >= 11 is 0. The van der Waals surface area contributed by atoms with Gasteiger partial charge in [-0.25, -0.2) is 0 Å². The Bertz CT molecular complexity index is 476. The third-order valence-electron chi connectivity index (χ3n) is 7.03. The highest BCUT2D eigenvalue weighted by atomic mass is 16.8. The molecule has 1 saturated heterocycles. The average Bonchev–Trinajstić information content (AvgIpc) is 2.72. The Kier molecular flexibility index (Phi) is 4.08. The topological polar surface area (TPSA) is 44.8 Å². The molecule has 0 unspecified atom stereocenters. The van der Waals surface area contributed by atoms with E-state index in [1.54, 1.807) is 0 Å². The Morgan fingerprint density at radius 1 is 1.04 bits per heavy atom. The van der Waals surface area contributed by atoms with Crippen LogP contribution in [0.25, 0.3) is 0 Å². The highest BCUT2D eigenvalue weighted by Gasteiger charge is 2.66. The minimum absolute atomic E-state index is 0.0129. The Balaban J connectivity index is 2.04. The zero-order valence-electron chi connectivity index (χ0n) is 15.5. The van der Waals surface area contributed by atoms with Crippen LogP contribution >= 0.6 is 0 Å². The van der Waals surface area contributed by atoms with Gasteiger partial charge in [-0.1, -0.05) is 27.2 Å². The van der Waals surface area contributed by atoms with Crippen LogP contribution in [0.1, 0.15) is 66.7 Å². The first-order chi connectivity index (χ1) is 10.7. The monoisotopic (exact) mass is 324 g/mol. The van der Waals surface area contributed by atoms with Gasteiger partial charge in [0.1, 0.15) is 5.92 Å². The molecule has 0 aromatic carbocycles. The minimum Gasteiger partial charge on any atom is -0.469 e. The van der Waals surface area contributed by atoms with Crippen LogP contribution < -0.4 is 0 Å². The van der Waals surface area contributed by atoms with Gasteiger partial charge in [-0.3, -0.25) is 4.79 Å². The van der Waals surface area contributed by atoms with E-state index in [1.165, 1.54) is 13.5 Å². The molecule has 2 aliphatic carbocycles. The van der Waals surface area contributed by atoms with E-state index in [9.17, 15) is 4.79 Å². The molecule has 2 saturated carbocycles. The summed E-state index contributed by atoms with van der Waals surface area (Å²) < 4.78 is 17.8. The van der Waals surface area contributed by atoms with Crippen LogP contribution in [0.15, 0.2) is 0 Å². The number of hydrogen-bond acceptors (Lipinski definition) is 4. The zero-order valence-corrected chi connectivity index (χ0v) is 15.5. The van der Waals surface area contributed by atoms with Gasteiger partial charge in [-0.15, -0.1) is 0 Å². The molecule has 0 bridgehead atoms. The van der Waals surface area contributed by atoms with E-state index in [4.69, 9.17) is 14.2 Å². The predicted octanol–water partition coefficient (Wildman–Crippen LogP) is 3.92. The molecule has 1 spiro atoms. The highest BCUT2D eigenvalue weighted by molar-refractivity contribution is 5.75. The van der Waals surface area contributed by atoms with E-state index in [0.29, 0.717) is 5.92 Å². The van der Waals surface area contributed by atoms with Gasteiger partial charge in [-0.2, -0.15) is 0 Å². The van der Waals surface area contributed by atoms with Crippen molar-refractivity contribution < 1.29 is 19.0 Å². The molecular weight excluding hydrogens is 292 g/mol. The van der Waals surface area contributed by atoms with Gasteiger partial charge in [-0.05, 0) is 49.9 Å². The lowest BCUT2D eigenvalue weighted by atomic mass is 9.47. The lowest BCUT2D eigenvalue weighted by molar-refractivity contribution is -0.278. The Morgan fingerprint density at radius 3 is 2.22 bits per heavy atom. The van der Waals surface area contributed by atoms with Crippen LogP contribution in [0, 0.1) is 22.7 Å². The summed E-state index contributed by atoms with van der Waals surface area (Å²) in [6.45, 7) is 11.0. The summed E-state index contributed by atoms with van der Waals surface area (Å²) in [5.41, 5.74) is 0.119. The molecule has 0 radical (unpaired) electrons. The van der Waals surface area contributed by atoms with E-state index in [2.05, 4.69) is 20.8 Å². The molecule has 0 N–H and O–H groups in total. The van der Waals surface area contributed by atoms with Crippen molar-refractivity contribution >= 4 is 5.97 Å². The van der Waals surface area contributed by atoms with Crippen LogP contribution in [0.2, 0.25) is 0 Å². The second kappa shape index (κ2) is 5.45. The van der Waals surface area contributed by atoms with Crippen LogP contribution in [-0.2, 0) is 19.0 Å². The number of methoxy groups -OCH3 is 1. The fraction of sp³-hybridized carbons (Fsp3) is 0.947. The Morgan fingerprint density at radius 2 is 1.65 bits per heavy atom. The van der Waals surface area contributed by atoms with E-state index in [-0.39, 0.29) is 34.9 Å². The Hall–Kier alpha value is -0.610. The maximum atomic E-state index is 12.8. The van der Waals surface area contributed by atoms with Crippen molar-refractivity contribution in [1.82, 2.24) is 0 Å². The molecule has 0 aromatic rings. The largest absolute Gasteiger partial charge is 0.469 e. The van der Waals surface area contributed by atoms with E-state index in [0.717, 1.165) is 25.7 Å². The van der Waals surface area contributed by atoms with Crippen molar-refractivity contribution in [3.8, 4) is 0 Å². The van der Waals surface area contributed by atoms with Crippen LogP contribution in [0.4, 0.5) is 0 Å². The molecule has 3 aliphatic rings. The number of fused-ring (bicyclic) bond motifs is 1. The molecule has 5 atom stereocenters. The molecule has 3 rings (SSSR count). The quantitative estimate of drug-likeness (QED) is 0.686. The molecule has 4 heteroatoms. The maximum absolute atomic E-state index is 12.8. The molecule has 132 valence electrons. The number of carbonyl (C=O) groups excluding carboxylic acids is 1. The molecule has 0 amide bonds. The zero-order chi connectivity index (χ0) is 17.0. The number of hydrogen-bond donors (Lipinski definition) is 0. The second-order valence-electron chi connectivity index (χ2n) is 8.85. The van der Waals surface area contributed by atoms with Gasteiger partial charge in [0, 0.05) is 6.42 Å². The molecule has 1 heterocycles. The first-order valence-corrected chi connectivity index (χ1v) is 9.10. The lowest BCUT2D eigenvalue weighted by Crippen LogP contribution is -2.62. The summed E-state index contributed by atoms with van der Waals surface area (Å²) in [6.07, 6.45) is 5.27. The number of ether oxygens (including phenoxy) is 3. The lowest BCUT2D eigenvalue weighted by Gasteiger charge is -2.60. The van der Waals surface area contributed by atoms with Gasteiger partial charge in [0.25, 0.3) is 0 Å². The summed E-state index contributed by atoms with van der Waals surface area (Å²) in [5, 5.41) is 0. The van der Waals surface area contributed by atoms with Gasteiger partial charge in [0.15, 0.2) is 5.79 Å². The van der Waals surface area contributed by atoms with Crippen LogP contribution in [-0.4, -0.2) is 31.1 Å².